The molecule has 6 aliphatic rings. The zero-order valence-corrected chi connectivity index (χ0v) is 42.4. The van der Waals surface area contributed by atoms with Crippen LogP contribution in [0.1, 0.15) is 154 Å². The lowest BCUT2D eigenvalue weighted by atomic mass is 9.36. The Morgan fingerprint density at radius 3 is 1.57 bits per heavy atom. The maximum Gasteiger partial charge on any atom is 0.248 e. The molecule has 0 amide bonds. The quantitative estimate of drug-likeness (QED) is 0.163. The van der Waals surface area contributed by atoms with Gasteiger partial charge >= 0.3 is 0 Å². The summed E-state index contributed by atoms with van der Waals surface area (Å²) in [4.78, 5) is 5.44. The fourth-order valence-electron chi connectivity index (χ4n) is 14.7. The molecule has 0 N–H and O–H groups in total. The molecule has 340 valence electrons. The van der Waals surface area contributed by atoms with Crippen LogP contribution in [-0.2, 0) is 32.5 Å². The van der Waals surface area contributed by atoms with Crippen molar-refractivity contribution in [1.29, 1.82) is 0 Å². The van der Waals surface area contributed by atoms with Gasteiger partial charge in [-0.1, -0.05) is 179 Å². The van der Waals surface area contributed by atoms with Crippen molar-refractivity contribution in [3.8, 4) is 22.3 Å². The summed E-state index contributed by atoms with van der Waals surface area (Å²) in [6.07, 6.45) is 7.05. The highest BCUT2D eigenvalue weighted by molar-refractivity contribution is 7.01. The Kier molecular flexibility index (Phi) is 8.53. The van der Waals surface area contributed by atoms with E-state index in [1.165, 1.54) is 121 Å². The summed E-state index contributed by atoms with van der Waals surface area (Å²) in [5, 5.41) is 0. The van der Waals surface area contributed by atoms with E-state index in [1.807, 2.05) is 0 Å². The second-order valence-corrected chi connectivity index (χ2v) is 25.3. The van der Waals surface area contributed by atoms with Gasteiger partial charge < -0.3 is 9.80 Å². The summed E-state index contributed by atoms with van der Waals surface area (Å²) in [6, 6.07) is 52.0. The molecule has 3 aliphatic carbocycles. The van der Waals surface area contributed by atoms with Gasteiger partial charge in [-0.3, -0.25) is 0 Å². The highest BCUT2D eigenvalue weighted by atomic mass is 15.2. The maximum absolute atomic E-state index is 2.89. The largest absolute Gasteiger partial charge is 0.310 e. The molecule has 3 aliphatic heterocycles. The van der Waals surface area contributed by atoms with Crippen LogP contribution in [0.3, 0.4) is 0 Å². The number of rotatable bonds is 4. The van der Waals surface area contributed by atoms with Crippen LogP contribution in [0.2, 0.25) is 0 Å². The molecular formula is C65H67BN2. The van der Waals surface area contributed by atoms with E-state index in [0.717, 1.165) is 12.1 Å². The second kappa shape index (κ2) is 13.7. The number of anilines is 6. The van der Waals surface area contributed by atoms with E-state index in [4.69, 9.17) is 0 Å². The monoisotopic (exact) mass is 887 g/mol. The minimum Gasteiger partial charge on any atom is -0.310 e. The molecular weight excluding hydrogens is 820 g/mol. The first-order chi connectivity index (χ1) is 32.3. The number of fused-ring (bicyclic) bond motifs is 12. The van der Waals surface area contributed by atoms with Gasteiger partial charge in [-0.05, 0) is 174 Å². The third kappa shape index (κ3) is 5.60. The highest BCUT2D eigenvalue weighted by Gasteiger charge is 2.56. The van der Waals surface area contributed by atoms with E-state index in [-0.39, 0.29) is 39.2 Å². The molecule has 0 spiro atoms. The summed E-state index contributed by atoms with van der Waals surface area (Å²) in [5.41, 5.74) is 28.7. The average Bonchev–Trinajstić information content (AvgIpc) is 3.66. The van der Waals surface area contributed by atoms with Crippen molar-refractivity contribution in [2.75, 3.05) is 9.80 Å². The molecule has 0 fully saturated rings. The van der Waals surface area contributed by atoms with Crippen molar-refractivity contribution in [2.24, 2.45) is 0 Å². The Morgan fingerprint density at radius 2 is 0.912 bits per heavy atom. The fraction of sp³-hybridized carbons (Fsp3) is 0.354. The number of hydrogen-bond acceptors (Lipinski definition) is 2. The first-order valence-corrected chi connectivity index (χ1v) is 25.9. The summed E-state index contributed by atoms with van der Waals surface area (Å²) >= 11 is 0. The summed E-state index contributed by atoms with van der Waals surface area (Å²) in [6.45, 7) is 28.0. The predicted octanol–water partition coefficient (Wildman–Crippen LogP) is 15.5. The van der Waals surface area contributed by atoms with Crippen molar-refractivity contribution >= 4 is 57.2 Å². The van der Waals surface area contributed by atoms with Crippen molar-refractivity contribution < 1.29 is 0 Å². The van der Waals surface area contributed by atoms with Crippen LogP contribution >= 0.6 is 0 Å². The van der Waals surface area contributed by atoms with Crippen LogP contribution < -0.4 is 26.2 Å². The number of hydrogen-bond donors (Lipinski definition) is 0. The Balaban J connectivity index is 1.18. The molecule has 68 heavy (non-hydrogen) atoms. The van der Waals surface area contributed by atoms with Gasteiger partial charge in [0, 0.05) is 33.9 Å². The van der Waals surface area contributed by atoms with Crippen LogP contribution in [0, 0.1) is 0 Å². The van der Waals surface area contributed by atoms with Gasteiger partial charge in [0.15, 0.2) is 0 Å². The second-order valence-electron chi connectivity index (χ2n) is 25.3. The van der Waals surface area contributed by atoms with Crippen LogP contribution in [0.25, 0.3) is 22.3 Å². The molecule has 0 radical (unpaired) electrons. The molecule has 7 aromatic carbocycles. The molecule has 0 bridgehead atoms. The van der Waals surface area contributed by atoms with E-state index in [2.05, 4.69) is 219 Å². The number of benzene rings is 7. The van der Waals surface area contributed by atoms with Gasteiger partial charge in [0.05, 0.1) is 5.69 Å². The summed E-state index contributed by atoms with van der Waals surface area (Å²) in [7, 11) is 0. The summed E-state index contributed by atoms with van der Waals surface area (Å²) < 4.78 is 0. The van der Waals surface area contributed by atoms with E-state index < -0.39 is 0 Å². The van der Waals surface area contributed by atoms with Crippen LogP contribution in [0.5, 0.6) is 0 Å². The lowest BCUT2D eigenvalue weighted by Gasteiger charge is -2.55. The average molecular weight is 887 g/mol. The molecule has 7 aromatic rings. The first kappa shape index (κ1) is 42.3. The lowest BCUT2D eigenvalue weighted by molar-refractivity contribution is 0.327. The third-order valence-corrected chi connectivity index (χ3v) is 18.8. The minimum absolute atomic E-state index is 0.00161. The van der Waals surface area contributed by atoms with Gasteiger partial charge in [0.1, 0.15) is 0 Å². The minimum atomic E-state index is -0.119. The van der Waals surface area contributed by atoms with Crippen molar-refractivity contribution in [3.05, 3.63) is 172 Å². The van der Waals surface area contributed by atoms with Crippen LogP contribution in [0.15, 0.2) is 133 Å². The first-order valence-electron chi connectivity index (χ1n) is 25.9. The molecule has 1 unspecified atom stereocenters. The maximum atomic E-state index is 2.89. The number of para-hydroxylation sites is 1. The fourth-order valence-corrected chi connectivity index (χ4v) is 14.7. The molecule has 0 saturated heterocycles. The zero-order valence-electron chi connectivity index (χ0n) is 42.4. The Hall–Kier alpha value is -5.80. The normalized spacial score (nSPS) is 21.7. The van der Waals surface area contributed by atoms with Gasteiger partial charge in [0.2, 0.25) is 6.71 Å². The highest BCUT2D eigenvalue weighted by Crippen LogP contribution is 2.65. The van der Waals surface area contributed by atoms with Crippen molar-refractivity contribution in [3.63, 3.8) is 0 Å². The smallest absolute Gasteiger partial charge is 0.248 e. The van der Waals surface area contributed by atoms with E-state index in [9.17, 15) is 0 Å². The molecule has 1 atom stereocenters. The Bertz CT molecular complexity index is 3280. The van der Waals surface area contributed by atoms with E-state index >= 15 is 0 Å². The molecule has 3 heterocycles. The van der Waals surface area contributed by atoms with E-state index in [0.29, 0.717) is 0 Å². The molecule has 0 aromatic heterocycles. The van der Waals surface area contributed by atoms with Crippen molar-refractivity contribution in [2.45, 2.75) is 147 Å². The Labute approximate surface area is 406 Å². The standard InChI is InChI=1S/C65H67BN2/c1-60(2)32-34-63(7,8)54-46(60)28-30-50-53(54)45-38-44(67(42-20-16-13-17-21-42)43-24-22-41(23-25-43)40-18-14-12-15-19-40)39-52-57(45)66(50)51-31-29-48-56-59(51)68(52)58-49(65(56,11)37-36-62(48,5)6)27-26-47-55(58)64(9,10)35-33-61(47,3)4/h12-31,38-39H,32-37H2,1-11H3. The van der Waals surface area contributed by atoms with Crippen molar-refractivity contribution in [1.82, 2.24) is 0 Å². The van der Waals surface area contributed by atoms with Gasteiger partial charge in [-0.15, -0.1) is 0 Å². The predicted molar refractivity (Wildman–Crippen MR) is 291 cm³/mol. The zero-order chi connectivity index (χ0) is 47.1. The SMILES string of the molecule is CC1(C)CCC(C)(C)c2c1ccc1c2-c2cc(N(c3ccccc3)c3ccc(-c4ccccc4)cc3)cc3c2B1c1ccc2c4c1N3c1c(ccc3c1C(C)(C)CCC3(C)C)C4(C)CCC2(C)C. The summed E-state index contributed by atoms with van der Waals surface area (Å²) in [5.74, 6) is 0. The third-order valence-electron chi connectivity index (χ3n) is 18.8. The topological polar surface area (TPSA) is 6.48 Å². The van der Waals surface area contributed by atoms with Gasteiger partial charge in [0.25, 0.3) is 0 Å². The van der Waals surface area contributed by atoms with Crippen LogP contribution in [-0.4, -0.2) is 6.71 Å². The molecule has 0 saturated carbocycles. The van der Waals surface area contributed by atoms with Gasteiger partial charge in [-0.25, -0.2) is 0 Å². The molecule has 2 nitrogen and oxygen atoms in total. The van der Waals surface area contributed by atoms with Crippen LogP contribution in [0.4, 0.5) is 34.1 Å². The van der Waals surface area contributed by atoms with E-state index in [1.54, 1.807) is 16.7 Å². The Morgan fingerprint density at radius 1 is 0.412 bits per heavy atom. The molecule has 13 rings (SSSR count). The van der Waals surface area contributed by atoms with Gasteiger partial charge in [-0.2, -0.15) is 0 Å². The number of nitrogens with zero attached hydrogens (tertiary/aromatic N) is 2. The molecule has 3 heteroatoms. The lowest BCUT2D eigenvalue weighted by Crippen LogP contribution is -2.58.